The van der Waals surface area contributed by atoms with Gasteiger partial charge in [-0.05, 0) is 55.1 Å². The Kier molecular flexibility index (Phi) is 8.92. The zero-order valence-corrected chi connectivity index (χ0v) is 19.1. The molecule has 1 aliphatic rings. The number of methoxy groups -OCH3 is 1. The van der Waals surface area contributed by atoms with E-state index >= 15 is 0 Å². The van der Waals surface area contributed by atoms with Crippen LogP contribution in [0.15, 0.2) is 53.5 Å². The van der Waals surface area contributed by atoms with Crippen LogP contribution in [-0.2, 0) is 24.4 Å². The fraction of sp³-hybridized carbons (Fsp3) is 0.440. The van der Waals surface area contributed by atoms with Gasteiger partial charge < -0.3 is 21.1 Å². The van der Waals surface area contributed by atoms with Crippen LogP contribution in [0.3, 0.4) is 0 Å². The van der Waals surface area contributed by atoms with Crippen molar-refractivity contribution in [3.05, 3.63) is 65.2 Å². The van der Waals surface area contributed by atoms with Crippen molar-refractivity contribution in [3.8, 4) is 5.75 Å². The van der Waals surface area contributed by atoms with E-state index in [1.54, 1.807) is 7.11 Å². The molecule has 1 atom stereocenters. The number of nitrogens with two attached hydrogens (primary N) is 1. The number of carbonyl (C=O) groups excluding carboxylic acids is 1. The van der Waals surface area contributed by atoms with Gasteiger partial charge in [0.25, 0.3) is 0 Å². The van der Waals surface area contributed by atoms with Crippen molar-refractivity contribution in [2.75, 3.05) is 26.7 Å². The molecule has 0 saturated carbocycles. The Morgan fingerprint density at radius 2 is 1.94 bits per heavy atom. The molecule has 0 spiro atoms. The van der Waals surface area contributed by atoms with Gasteiger partial charge in [-0.3, -0.25) is 9.69 Å². The van der Waals surface area contributed by atoms with Gasteiger partial charge in [0.2, 0.25) is 5.91 Å². The molecule has 3 rings (SSSR count). The van der Waals surface area contributed by atoms with Gasteiger partial charge in [0, 0.05) is 26.2 Å². The molecule has 0 bridgehead atoms. The lowest BCUT2D eigenvalue weighted by Gasteiger charge is -2.31. The molecular formula is C25H35N5O2. The Morgan fingerprint density at radius 3 is 2.66 bits per heavy atom. The monoisotopic (exact) mass is 437 g/mol. The van der Waals surface area contributed by atoms with Crippen LogP contribution >= 0.6 is 0 Å². The highest BCUT2D eigenvalue weighted by Crippen LogP contribution is 2.19. The molecule has 1 heterocycles. The van der Waals surface area contributed by atoms with Crippen LogP contribution in [0.25, 0.3) is 0 Å². The third-order valence-corrected chi connectivity index (χ3v) is 5.69. The minimum Gasteiger partial charge on any atom is -0.497 e. The van der Waals surface area contributed by atoms with Crippen molar-refractivity contribution < 1.29 is 9.53 Å². The molecule has 0 radical (unpaired) electrons. The highest BCUT2D eigenvalue weighted by atomic mass is 16.5. The summed E-state index contributed by atoms with van der Waals surface area (Å²) < 4.78 is 5.21. The van der Waals surface area contributed by atoms with Gasteiger partial charge in [-0.25, -0.2) is 4.99 Å². The Hall–Kier alpha value is -3.06. The van der Waals surface area contributed by atoms with Crippen LogP contribution in [0.1, 0.15) is 36.5 Å². The Labute approximate surface area is 191 Å². The van der Waals surface area contributed by atoms with Crippen LogP contribution in [-0.4, -0.2) is 43.5 Å². The van der Waals surface area contributed by atoms with Gasteiger partial charge in [-0.1, -0.05) is 36.4 Å². The summed E-state index contributed by atoms with van der Waals surface area (Å²) in [6, 6.07) is 16.5. The number of guanidine groups is 1. The second kappa shape index (κ2) is 12.1. The number of nitrogens with one attached hydrogen (secondary N) is 2. The average Bonchev–Trinajstić information content (AvgIpc) is 2.81. The summed E-state index contributed by atoms with van der Waals surface area (Å²) in [5.41, 5.74) is 9.07. The highest BCUT2D eigenvalue weighted by Gasteiger charge is 2.23. The second-order valence-corrected chi connectivity index (χ2v) is 8.19. The maximum atomic E-state index is 11.5. The Bertz CT molecular complexity index is 897. The smallest absolute Gasteiger partial charge is 0.221 e. The van der Waals surface area contributed by atoms with Gasteiger partial charge in [0.15, 0.2) is 5.96 Å². The van der Waals surface area contributed by atoms with Crippen molar-refractivity contribution in [2.24, 2.45) is 16.6 Å². The fourth-order valence-corrected chi connectivity index (χ4v) is 3.96. The lowest BCUT2D eigenvalue weighted by Crippen LogP contribution is -2.40. The van der Waals surface area contributed by atoms with Crippen molar-refractivity contribution in [1.82, 2.24) is 15.5 Å². The minimum absolute atomic E-state index is 0.0315. The largest absolute Gasteiger partial charge is 0.497 e. The number of nitrogens with zero attached hydrogens (tertiary/aromatic N) is 2. The molecule has 7 heteroatoms. The van der Waals surface area contributed by atoms with Crippen LogP contribution in [0, 0.1) is 5.92 Å². The molecule has 4 N–H and O–H groups in total. The Balaban J connectivity index is 1.57. The number of amides is 1. The molecule has 1 amide bonds. The van der Waals surface area contributed by atoms with Gasteiger partial charge in [-0.15, -0.1) is 0 Å². The normalized spacial score (nSPS) is 17.1. The zero-order chi connectivity index (χ0) is 22.8. The first-order valence-corrected chi connectivity index (χ1v) is 11.3. The third kappa shape index (κ3) is 7.27. The maximum absolute atomic E-state index is 11.5. The molecule has 0 aliphatic carbocycles. The molecule has 2 aromatic rings. The van der Waals surface area contributed by atoms with Crippen molar-refractivity contribution in [3.63, 3.8) is 0 Å². The fourth-order valence-electron chi connectivity index (χ4n) is 3.96. The van der Waals surface area contributed by atoms with Crippen LogP contribution in [0.5, 0.6) is 5.75 Å². The molecule has 7 nitrogen and oxygen atoms in total. The van der Waals surface area contributed by atoms with E-state index in [1.807, 2.05) is 24.3 Å². The van der Waals surface area contributed by atoms with Crippen molar-refractivity contribution in [2.45, 2.75) is 39.4 Å². The van der Waals surface area contributed by atoms with Crippen molar-refractivity contribution in [1.29, 1.82) is 0 Å². The molecule has 172 valence electrons. The lowest BCUT2D eigenvalue weighted by atomic mass is 9.97. The predicted molar refractivity (Wildman–Crippen MR) is 128 cm³/mol. The first-order chi connectivity index (χ1) is 15.6. The summed E-state index contributed by atoms with van der Waals surface area (Å²) in [5, 5.41) is 6.69. The van der Waals surface area contributed by atoms with E-state index < -0.39 is 0 Å². The summed E-state index contributed by atoms with van der Waals surface area (Å²) in [4.78, 5) is 18.6. The Morgan fingerprint density at radius 1 is 1.16 bits per heavy atom. The highest BCUT2D eigenvalue weighted by molar-refractivity contribution is 5.79. The molecule has 32 heavy (non-hydrogen) atoms. The lowest BCUT2D eigenvalue weighted by molar-refractivity contribution is -0.123. The summed E-state index contributed by atoms with van der Waals surface area (Å²) in [6.45, 7) is 6.72. The van der Waals surface area contributed by atoms with E-state index in [0.717, 1.165) is 61.9 Å². The number of likely N-dealkylation sites (tertiary alicyclic amines) is 1. The molecule has 1 aliphatic heterocycles. The summed E-state index contributed by atoms with van der Waals surface area (Å²) in [7, 11) is 1.67. The summed E-state index contributed by atoms with van der Waals surface area (Å²) >= 11 is 0. The van der Waals surface area contributed by atoms with Gasteiger partial charge in [0.05, 0.1) is 19.6 Å². The molecule has 0 aromatic heterocycles. The van der Waals surface area contributed by atoms with Crippen LogP contribution in [0.4, 0.5) is 0 Å². The van der Waals surface area contributed by atoms with E-state index in [2.05, 4.69) is 46.7 Å². The summed E-state index contributed by atoms with van der Waals surface area (Å²) in [6.07, 6.45) is 1.92. The van der Waals surface area contributed by atoms with E-state index in [4.69, 9.17) is 15.5 Å². The number of aliphatic imine (C=N–C) groups is 1. The number of ether oxygens (including phenoxy) is 1. The quantitative estimate of drug-likeness (QED) is 0.414. The van der Waals surface area contributed by atoms with Gasteiger partial charge in [-0.2, -0.15) is 0 Å². The number of primary amides is 1. The number of hydrogen-bond donors (Lipinski definition) is 3. The topological polar surface area (TPSA) is 92.0 Å². The molecule has 1 saturated heterocycles. The number of benzene rings is 2. The average molecular weight is 438 g/mol. The minimum atomic E-state index is -0.184. The van der Waals surface area contributed by atoms with E-state index in [1.165, 1.54) is 5.56 Å². The van der Waals surface area contributed by atoms with Crippen molar-refractivity contribution >= 4 is 11.9 Å². The number of hydrogen-bond acceptors (Lipinski definition) is 4. The molecule has 1 unspecified atom stereocenters. The van der Waals surface area contributed by atoms with Crippen LogP contribution < -0.4 is 21.1 Å². The third-order valence-electron chi connectivity index (χ3n) is 5.69. The molecule has 2 aromatic carbocycles. The van der Waals surface area contributed by atoms with Crippen LogP contribution in [0.2, 0.25) is 0 Å². The first-order valence-electron chi connectivity index (χ1n) is 11.3. The maximum Gasteiger partial charge on any atom is 0.221 e. The first kappa shape index (κ1) is 23.6. The zero-order valence-electron chi connectivity index (χ0n) is 19.1. The summed E-state index contributed by atoms with van der Waals surface area (Å²) in [5.74, 6) is 1.42. The second-order valence-electron chi connectivity index (χ2n) is 8.19. The van der Waals surface area contributed by atoms with E-state index in [0.29, 0.717) is 13.1 Å². The van der Waals surface area contributed by atoms with E-state index in [9.17, 15) is 4.79 Å². The number of piperidine rings is 1. The number of rotatable bonds is 9. The number of carbonyl (C=O) groups is 1. The SMILES string of the molecule is CCNC(=NCc1cccc(CN2CCCC(C(N)=O)C2)c1)NCc1ccc(OC)cc1. The molecule has 1 fully saturated rings. The van der Waals surface area contributed by atoms with E-state index in [-0.39, 0.29) is 11.8 Å². The predicted octanol–water partition coefficient (Wildman–Crippen LogP) is 2.65. The van der Waals surface area contributed by atoms with Gasteiger partial charge >= 0.3 is 0 Å². The van der Waals surface area contributed by atoms with Gasteiger partial charge in [0.1, 0.15) is 5.75 Å². The molecular weight excluding hydrogens is 402 g/mol. The standard InChI is InChI=1S/C25H35N5O2/c1-3-27-25(28-15-19-9-11-23(32-2)12-10-19)29-16-20-6-4-7-21(14-20)17-30-13-5-8-22(18-30)24(26)31/h4,6-7,9-12,14,22H,3,5,8,13,15-18H2,1-2H3,(H2,26,31)(H2,27,28,29).